The summed E-state index contributed by atoms with van der Waals surface area (Å²) in [6, 6.07) is 0. The minimum atomic E-state index is -1.06. The van der Waals surface area contributed by atoms with Gasteiger partial charge in [-0.05, 0) is 157 Å². The third-order valence-corrected chi connectivity index (χ3v) is 8.45. The van der Waals surface area contributed by atoms with E-state index in [2.05, 4.69) is 4.74 Å². The molecule has 0 aromatic carbocycles. The summed E-state index contributed by atoms with van der Waals surface area (Å²) in [7, 11) is 0. The van der Waals surface area contributed by atoms with E-state index < -0.39 is 57.9 Å². The molecule has 0 radical (unpaired) electrons. The highest BCUT2D eigenvalue weighted by Gasteiger charge is 2.28. The largest absolute Gasteiger partial charge is 0.519 e. The summed E-state index contributed by atoms with van der Waals surface area (Å²) >= 11 is 0. The minimum absolute atomic E-state index is 0.0577. The van der Waals surface area contributed by atoms with Crippen LogP contribution in [-0.2, 0) is 47.5 Å². The van der Waals surface area contributed by atoms with Crippen LogP contribution in [0.25, 0.3) is 0 Å². The Hall–Kier alpha value is -5.82. The zero-order valence-electron chi connectivity index (χ0n) is 45.1. The molecule has 400 valence electrons. The maximum atomic E-state index is 11.9. The number of rotatable bonds is 4. The molecule has 2 saturated heterocycles. The van der Waals surface area contributed by atoms with Crippen LogP contribution in [-0.4, -0.2) is 146 Å². The molecule has 2 fully saturated rings. The normalized spacial score (nSPS) is 15.5. The van der Waals surface area contributed by atoms with Gasteiger partial charge in [0.2, 0.25) is 0 Å². The zero-order valence-corrected chi connectivity index (χ0v) is 45.1. The monoisotopic (exact) mass is 998 g/mol. The minimum Gasteiger partial charge on any atom is -0.481 e. The predicted octanol–water partition coefficient (Wildman–Crippen LogP) is 10.2. The van der Waals surface area contributed by atoms with Gasteiger partial charge in [-0.1, -0.05) is 22.8 Å². The summed E-state index contributed by atoms with van der Waals surface area (Å²) in [6.07, 6.45) is 4.72. The van der Waals surface area contributed by atoms with E-state index >= 15 is 0 Å². The van der Waals surface area contributed by atoms with E-state index in [0.717, 1.165) is 16.7 Å². The Balaban J connectivity index is 0.000000914. The maximum absolute atomic E-state index is 11.9. The van der Waals surface area contributed by atoms with Crippen LogP contribution in [0.2, 0.25) is 0 Å². The first-order valence-corrected chi connectivity index (χ1v) is 23.3. The van der Waals surface area contributed by atoms with Gasteiger partial charge in [0.05, 0.1) is 6.42 Å². The highest BCUT2D eigenvalue weighted by atomic mass is 16.8. The van der Waals surface area contributed by atoms with Crippen molar-refractivity contribution in [3.8, 4) is 0 Å². The van der Waals surface area contributed by atoms with Crippen molar-refractivity contribution in [1.29, 1.82) is 0 Å². The van der Waals surface area contributed by atoms with E-state index in [-0.39, 0.29) is 30.7 Å². The van der Waals surface area contributed by atoms with Gasteiger partial charge in [0.1, 0.15) is 33.6 Å². The van der Waals surface area contributed by atoms with Gasteiger partial charge < -0.3 is 58.1 Å². The van der Waals surface area contributed by atoms with Crippen LogP contribution in [0.3, 0.4) is 0 Å². The molecule has 3 aliphatic rings. The number of ether oxygens (including phenoxy) is 7. The zero-order chi connectivity index (χ0) is 54.6. The molecule has 20 heteroatoms. The number of piperidine rings is 2. The third-order valence-electron chi connectivity index (χ3n) is 8.45. The quantitative estimate of drug-likeness (QED) is 0.0873. The molecule has 0 aliphatic carbocycles. The fourth-order valence-electron chi connectivity index (χ4n) is 5.74. The van der Waals surface area contributed by atoms with E-state index in [1.54, 1.807) is 68.4 Å². The smallest absolute Gasteiger partial charge is 0.481 e. The number of hydrogen-bond acceptors (Lipinski definition) is 15. The molecule has 3 rings (SSSR count). The molecule has 3 amide bonds. The van der Waals surface area contributed by atoms with Crippen molar-refractivity contribution in [1.82, 2.24) is 14.7 Å². The number of aliphatic carboxylic acids is 2. The van der Waals surface area contributed by atoms with Gasteiger partial charge >= 0.3 is 48.5 Å². The standard InChI is InChI=1S/C16H27NO4.2C12H19NO4.C10H18O5/c1-15(2,3)20-13(18)11-12-7-9-17(10-8-12)14(19)21-16(4,5)6;2*1-12(2,3)17-11(16)13-6-4-9(5-7-13)8-10(14)15;1-9(2,3)14-7(11)13-8(12)15-10(4,5)6/h11H,7-10H2,1-6H3;8H,4-7H2,1-3H3,(H,14,15);4H,5-8H2,1-3H3,(H,14,15);1-6H3. The van der Waals surface area contributed by atoms with Gasteiger partial charge in [0, 0.05) is 51.4 Å². The predicted molar refractivity (Wildman–Crippen MR) is 260 cm³/mol. The second kappa shape index (κ2) is 27.5. The van der Waals surface area contributed by atoms with E-state index in [9.17, 15) is 38.4 Å². The Kier molecular flexibility index (Phi) is 25.3. The molecule has 3 aliphatic heterocycles. The Labute approximate surface area is 415 Å². The number of carboxylic acid groups (broad SMARTS) is 2. The number of carbonyl (C=O) groups is 8. The number of amides is 3. The van der Waals surface area contributed by atoms with Crippen molar-refractivity contribution in [3.63, 3.8) is 0 Å². The first-order chi connectivity index (χ1) is 31.5. The first-order valence-electron chi connectivity index (χ1n) is 23.3. The summed E-state index contributed by atoms with van der Waals surface area (Å²) in [4.78, 5) is 95.0. The highest BCUT2D eigenvalue weighted by Crippen LogP contribution is 2.22. The molecule has 70 heavy (non-hydrogen) atoms. The van der Waals surface area contributed by atoms with Crippen LogP contribution in [0.1, 0.15) is 163 Å². The molecule has 0 saturated carbocycles. The van der Waals surface area contributed by atoms with Gasteiger partial charge in [-0.15, -0.1) is 0 Å². The number of carboxylic acids is 2. The Bertz CT molecular complexity index is 1850. The summed E-state index contributed by atoms with van der Waals surface area (Å²) in [5.41, 5.74) is -0.581. The molecular weight excluding hydrogens is 915 g/mol. The first kappa shape index (κ1) is 64.2. The van der Waals surface area contributed by atoms with Crippen LogP contribution in [0.4, 0.5) is 24.0 Å². The summed E-state index contributed by atoms with van der Waals surface area (Å²) < 4.78 is 34.9. The average Bonchev–Trinajstić information content (AvgIpc) is 3.11. The topological polar surface area (TPSA) is 251 Å². The lowest BCUT2D eigenvalue weighted by Crippen LogP contribution is -2.40. The average molecular weight is 998 g/mol. The third kappa shape index (κ3) is 34.5. The second-order valence-corrected chi connectivity index (χ2v) is 22.6. The van der Waals surface area contributed by atoms with Crippen LogP contribution in [0.15, 0.2) is 34.9 Å². The number of likely N-dealkylation sites (tertiary alicyclic amines) is 2. The molecule has 3 heterocycles. The Morgan fingerprint density at radius 1 is 0.457 bits per heavy atom. The molecule has 2 N–H and O–H groups in total. The van der Waals surface area contributed by atoms with E-state index in [1.165, 1.54) is 6.08 Å². The van der Waals surface area contributed by atoms with Crippen LogP contribution in [0, 0.1) is 0 Å². The van der Waals surface area contributed by atoms with E-state index in [4.69, 9.17) is 38.6 Å². The summed E-state index contributed by atoms with van der Waals surface area (Å²) in [6.45, 7) is 35.2. The van der Waals surface area contributed by atoms with Crippen LogP contribution < -0.4 is 0 Å². The number of nitrogens with zero attached hydrogens (tertiary/aromatic N) is 3. The van der Waals surface area contributed by atoms with Crippen LogP contribution in [0.5, 0.6) is 0 Å². The fraction of sp³-hybridized carbons (Fsp3) is 0.720. The van der Waals surface area contributed by atoms with Crippen molar-refractivity contribution in [2.24, 2.45) is 0 Å². The molecule has 0 bridgehead atoms. The lowest BCUT2D eigenvalue weighted by Gasteiger charge is -2.31. The lowest BCUT2D eigenvalue weighted by atomic mass is 10.0. The van der Waals surface area contributed by atoms with Crippen molar-refractivity contribution in [3.05, 3.63) is 34.9 Å². The highest BCUT2D eigenvalue weighted by molar-refractivity contribution is 5.83. The molecule has 0 spiro atoms. The number of carbonyl (C=O) groups excluding carboxylic acids is 6. The molecule has 0 unspecified atom stereocenters. The lowest BCUT2D eigenvalue weighted by molar-refractivity contribution is -0.148. The Morgan fingerprint density at radius 3 is 1.06 bits per heavy atom. The van der Waals surface area contributed by atoms with E-state index in [1.807, 2.05) is 83.1 Å². The van der Waals surface area contributed by atoms with Crippen molar-refractivity contribution < 1.29 is 81.7 Å². The summed E-state index contributed by atoms with van der Waals surface area (Å²) in [5.74, 6) is -2.07. The van der Waals surface area contributed by atoms with Gasteiger partial charge in [0.25, 0.3) is 0 Å². The molecule has 0 aromatic heterocycles. The van der Waals surface area contributed by atoms with E-state index in [0.29, 0.717) is 71.4 Å². The molecule has 20 nitrogen and oxygen atoms in total. The second-order valence-electron chi connectivity index (χ2n) is 22.6. The molecule has 0 aromatic rings. The number of esters is 1. The van der Waals surface area contributed by atoms with Gasteiger partial charge in [-0.2, -0.15) is 0 Å². The van der Waals surface area contributed by atoms with Crippen LogP contribution >= 0.6 is 0 Å². The van der Waals surface area contributed by atoms with Crippen molar-refractivity contribution >= 4 is 48.5 Å². The maximum Gasteiger partial charge on any atom is 0.519 e. The van der Waals surface area contributed by atoms with Gasteiger partial charge in [-0.25, -0.2) is 33.6 Å². The van der Waals surface area contributed by atoms with Crippen molar-refractivity contribution in [2.75, 3.05) is 39.3 Å². The fourth-order valence-corrected chi connectivity index (χ4v) is 5.74. The Morgan fingerprint density at radius 2 is 0.771 bits per heavy atom. The molecular formula is C50H83N3O17. The van der Waals surface area contributed by atoms with Gasteiger partial charge in [-0.3, -0.25) is 4.79 Å². The van der Waals surface area contributed by atoms with Gasteiger partial charge in [0.15, 0.2) is 0 Å². The number of hydrogen-bond donors (Lipinski definition) is 2. The SMILES string of the molecule is CC(C)(C)OC(=O)C=C1CCN(C(=O)OC(C)(C)C)CC1.CC(C)(C)OC(=O)N1CC=C(CC(=O)O)CC1.CC(C)(C)OC(=O)N1CCC(=CC(=O)O)CC1.CC(C)(C)OC(=O)OC(=O)OC(C)(C)C. The van der Waals surface area contributed by atoms with Crippen molar-refractivity contribution in [2.45, 2.75) is 197 Å². The summed E-state index contributed by atoms with van der Waals surface area (Å²) in [5, 5.41) is 17.3. The molecule has 0 atom stereocenters.